The fourth-order valence-corrected chi connectivity index (χ4v) is 3.09. The zero-order chi connectivity index (χ0) is 21.0. The van der Waals surface area contributed by atoms with Crippen molar-refractivity contribution in [2.75, 3.05) is 11.9 Å². The van der Waals surface area contributed by atoms with Crippen LogP contribution in [0.2, 0.25) is 0 Å². The minimum atomic E-state index is -0.521. The summed E-state index contributed by atoms with van der Waals surface area (Å²) in [4.78, 5) is 38.1. The molecule has 0 aliphatic carbocycles. The zero-order valence-electron chi connectivity index (χ0n) is 16.1. The van der Waals surface area contributed by atoms with Gasteiger partial charge in [0.1, 0.15) is 10.7 Å². The van der Waals surface area contributed by atoms with Gasteiger partial charge in [-0.2, -0.15) is 0 Å². The van der Waals surface area contributed by atoms with Crippen molar-refractivity contribution in [3.63, 3.8) is 0 Å². The number of benzene rings is 2. The van der Waals surface area contributed by atoms with Crippen LogP contribution in [0, 0.1) is 0 Å². The fraction of sp³-hybridized carbons (Fsp3) is 0.227. The Balaban J connectivity index is 1.66. The van der Waals surface area contributed by atoms with Crippen molar-refractivity contribution in [3.8, 4) is 0 Å². The van der Waals surface area contributed by atoms with Crippen molar-refractivity contribution in [2.24, 2.45) is 0 Å². The SMILES string of the molecule is CC(C)OC(=O)c1ccc(NC2=C(Cl)C(=O)N(CCc3ccccc3)C2=O)cc1. The topological polar surface area (TPSA) is 75.7 Å². The molecule has 1 aliphatic heterocycles. The van der Waals surface area contributed by atoms with Gasteiger partial charge in [0.2, 0.25) is 0 Å². The Morgan fingerprint density at radius 1 is 1.03 bits per heavy atom. The first-order chi connectivity index (χ1) is 13.9. The van der Waals surface area contributed by atoms with E-state index in [1.54, 1.807) is 38.1 Å². The number of carbonyl (C=O) groups is 3. The van der Waals surface area contributed by atoms with E-state index < -0.39 is 17.8 Å². The largest absolute Gasteiger partial charge is 0.459 e. The number of ether oxygens (including phenoxy) is 1. The molecule has 0 atom stereocenters. The van der Waals surface area contributed by atoms with Crippen molar-refractivity contribution >= 4 is 35.1 Å². The van der Waals surface area contributed by atoms with Crippen molar-refractivity contribution in [1.82, 2.24) is 4.90 Å². The Kier molecular flexibility index (Phi) is 6.34. The van der Waals surface area contributed by atoms with E-state index in [0.29, 0.717) is 17.7 Å². The average molecular weight is 413 g/mol. The second kappa shape index (κ2) is 8.92. The van der Waals surface area contributed by atoms with Gasteiger partial charge in [-0.05, 0) is 50.1 Å². The van der Waals surface area contributed by atoms with Crippen molar-refractivity contribution in [1.29, 1.82) is 0 Å². The number of carbonyl (C=O) groups excluding carboxylic acids is 3. The Hall–Kier alpha value is -3.12. The van der Waals surface area contributed by atoms with Crippen LogP contribution < -0.4 is 5.32 Å². The summed E-state index contributed by atoms with van der Waals surface area (Å²) in [7, 11) is 0. The molecule has 150 valence electrons. The van der Waals surface area contributed by atoms with E-state index in [9.17, 15) is 14.4 Å². The highest BCUT2D eigenvalue weighted by Crippen LogP contribution is 2.26. The van der Waals surface area contributed by atoms with Gasteiger partial charge in [0.25, 0.3) is 11.8 Å². The molecule has 1 aliphatic rings. The van der Waals surface area contributed by atoms with Gasteiger partial charge >= 0.3 is 5.97 Å². The second-order valence-electron chi connectivity index (χ2n) is 6.84. The highest BCUT2D eigenvalue weighted by molar-refractivity contribution is 6.48. The minimum Gasteiger partial charge on any atom is -0.459 e. The lowest BCUT2D eigenvalue weighted by atomic mass is 10.1. The third-order valence-corrected chi connectivity index (χ3v) is 4.66. The third kappa shape index (κ3) is 4.84. The molecule has 0 spiro atoms. The van der Waals surface area contributed by atoms with E-state index in [4.69, 9.17) is 16.3 Å². The number of halogens is 1. The van der Waals surface area contributed by atoms with Gasteiger partial charge in [0.05, 0.1) is 11.7 Å². The molecule has 1 heterocycles. The molecule has 7 heteroatoms. The number of imide groups is 1. The van der Waals surface area contributed by atoms with E-state index in [1.165, 1.54) is 0 Å². The van der Waals surface area contributed by atoms with Gasteiger partial charge in [-0.1, -0.05) is 41.9 Å². The number of esters is 1. The number of hydrogen-bond donors (Lipinski definition) is 1. The number of nitrogens with zero attached hydrogens (tertiary/aromatic N) is 1. The lowest BCUT2D eigenvalue weighted by molar-refractivity contribution is -0.137. The molecule has 0 saturated heterocycles. The quantitative estimate of drug-likeness (QED) is 0.554. The number of nitrogens with one attached hydrogen (secondary N) is 1. The molecule has 2 amide bonds. The summed E-state index contributed by atoms with van der Waals surface area (Å²) < 4.78 is 5.14. The zero-order valence-corrected chi connectivity index (χ0v) is 16.9. The van der Waals surface area contributed by atoms with E-state index in [2.05, 4.69) is 5.32 Å². The normalized spacial score (nSPS) is 14.0. The predicted octanol–water partition coefficient (Wildman–Crippen LogP) is 3.73. The Labute approximate surface area is 174 Å². The van der Waals surface area contributed by atoms with Crippen LogP contribution in [0.3, 0.4) is 0 Å². The summed E-state index contributed by atoms with van der Waals surface area (Å²) in [6, 6.07) is 16.0. The van der Waals surface area contributed by atoms with Crippen LogP contribution in [-0.4, -0.2) is 35.3 Å². The first-order valence-electron chi connectivity index (χ1n) is 9.24. The van der Waals surface area contributed by atoms with Gasteiger partial charge in [0, 0.05) is 12.2 Å². The molecule has 1 N–H and O–H groups in total. The Bertz CT molecular complexity index is 953. The lowest BCUT2D eigenvalue weighted by Crippen LogP contribution is -2.34. The van der Waals surface area contributed by atoms with Crippen LogP contribution in [0.15, 0.2) is 65.3 Å². The first-order valence-corrected chi connectivity index (χ1v) is 9.62. The van der Waals surface area contributed by atoms with Crippen molar-refractivity contribution in [3.05, 3.63) is 76.5 Å². The molecule has 29 heavy (non-hydrogen) atoms. The van der Waals surface area contributed by atoms with Crippen molar-refractivity contribution in [2.45, 2.75) is 26.4 Å². The highest BCUT2D eigenvalue weighted by atomic mass is 35.5. The monoisotopic (exact) mass is 412 g/mol. The van der Waals surface area contributed by atoms with E-state index in [0.717, 1.165) is 10.5 Å². The summed E-state index contributed by atoms with van der Waals surface area (Å²) in [5.74, 6) is -1.42. The van der Waals surface area contributed by atoms with Gasteiger partial charge in [0.15, 0.2) is 0 Å². The van der Waals surface area contributed by atoms with Crippen LogP contribution >= 0.6 is 11.6 Å². The van der Waals surface area contributed by atoms with E-state index >= 15 is 0 Å². The maximum Gasteiger partial charge on any atom is 0.338 e. The maximum atomic E-state index is 12.7. The van der Waals surface area contributed by atoms with Crippen LogP contribution in [0.4, 0.5) is 5.69 Å². The maximum absolute atomic E-state index is 12.7. The van der Waals surface area contributed by atoms with Crippen LogP contribution in [0.25, 0.3) is 0 Å². The molecule has 0 radical (unpaired) electrons. The summed E-state index contributed by atoms with van der Waals surface area (Å²) in [5.41, 5.74) is 1.98. The smallest absolute Gasteiger partial charge is 0.338 e. The summed E-state index contributed by atoms with van der Waals surface area (Å²) in [6.07, 6.45) is 0.329. The van der Waals surface area contributed by atoms with Gasteiger partial charge < -0.3 is 10.1 Å². The molecular weight excluding hydrogens is 392 g/mol. The molecule has 2 aromatic carbocycles. The van der Waals surface area contributed by atoms with Crippen molar-refractivity contribution < 1.29 is 19.1 Å². The average Bonchev–Trinajstić information content (AvgIpc) is 2.90. The minimum absolute atomic E-state index is 0.0298. The van der Waals surface area contributed by atoms with Crippen LogP contribution in [0.1, 0.15) is 29.8 Å². The summed E-state index contributed by atoms with van der Waals surface area (Å²) in [6.45, 7) is 3.78. The summed E-state index contributed by atoms with van der Waals surface area (Å²) in [5, 5.41) is 2.74. The van der Waals surface area contributed by atoms with Gasteiger partial charge in [-0.15, -0.1) is 0 Å². The standard InChI is InChI=1S/C22H21ClN2O4/c1-14(2)29-22(28)16-8-10-17(11-9-16)24-19-18(23)20(26)25(21(19)27)13-12-15-6-4-3-5-7-15/h3-11,14,24H,12-13H2,1-2H3. The van der Waals surface area contributed by atoms with E-state index in [-0.39, 0.29) is 23.4 Å². The fourth-order valence-electron chi connectivity index (χ4n) is 2.86. The van der Waals surface area contributed by atoms with Gasteiger partial charge in [-0.3, -0.25) is 14.5 Å². The number of amides is 2. The van der Waals surface area contributed by atoms with Crippen LogP contribution in [0.5, 0.6) is 0 Å². The second-order valence-corrected chi connectivity index (χ2v) is 7.22. The molecule has 0 unspecified atom stereocenters. The Morgan fingerprint density at radius 3 is 2.31 bits per heavy atom. The molecule has 3 rings (SSSR count). The Morgan fingerprint density at radius 2 is 1.69 bits per heavy atom. The van der Waals surface area contributed by atoms with E-state index in [1.807, 2.05) is 30.3 Å². The van der Waals surface area contributed by atoms with Crippen LogP contribution in [-0.2, 0) is 20.7 Å². The predicted molar refractivity (Wildman–Crippen MR) is 110 cm³/mol. The number of anilines is 1. The molecule has 0 saturated carbocycles. The summed E-state index contributed by atoms with van der Waals surface area (Å²) >= 11 is 6.12. The molecule has 6 nitrogen and oxygen atoms in total. The number of rotatable bonds is 7. The molecule has 0 aromatic heterocycles. The molecule has 2 aromatic rings. The third-order valence-electron chi connectivity index (χ3n) is 4.31. The lowest BCUT2D eigenvalue weighted by Gasteiger charge is -2.15. The molecular formula is C22H21ClN2O4. The number of hydrogen-bond acceptors (Lipinski definition) is 5. The molecule has 0 fully saturated rings. The first kappa shape index (κ1) is 20.6. The molecule has 0 bridgehead atoms. The van der Waals surface area contributed by atoms with Gasteiger partial charge in [-0.25, -0.2) is 4.79 Å². The highest BCUT2D eigenvalue weighted by Gasteiger charge is 2.37.